The Kier molecular flexibility index (Phi) is 7.26. The number of nitrogens with one attached hydrogen (secondary N) is 1. The molecule has 1 atom stereocenters. The lowest BCUT2D eigenvalue weighted by molar-refractivity contribution is -0.386. The summed E-state index contributed by atoms with van der Waals surface area (Å²) in [5.41, 5.74) is 2.69. The van der Waals surface area contributed by atoms with Crippen molar-refractivity contribution in [2.75, 3.05) is 14.2 Å². The number of esters is 1. The number of benzene rings is 2. The minimum absolute atomic E-state index is 0.0633. The number of halogens is 1. The van der Waals surface area contributed by atoms with Crippen molar-refractivity contribution < 1.29 is 33.1 Å². The molecule has 10 heteroatoms. The lowest BCUT2D eigenvalue weighted by atomic mass is 9.68. The Hall–Kier alpha value is -4.21. The molecule has 200 valence electrons. The van der Waals surface area contributed by atoms with Crippen molar-refractivity contribution in [2.24, 2.45) is 5.41 Å². The largest absolute Gasteiger partial charge is 0.496 e. The molecule has 9 nitrogen and oxygen atoms in total. The molecular weight excluding hydrogens is 495 g/mol. The average molecular weight is 525 g/mol. The third-order valence-corrected chi connectivity index (χ3v) is 6.78. The third kappa shape index (κ3) is 5.11. The molecule has 1 N–H and O–H groups in total. The van der Waals surface area contributed by atoms with Crippen molar-refractivity contribution in [3.63, 3.8) is 0 Å². The van der Waals surface area contributed by atoms with Crippen LogP contribution in [-0.2, 0) is 20.9 Å². The van der Waals surface area contributed by atoms with E-state index in [1.54, 1.807) is 25.1 Å². The fourth-order valence-electron chi connectivity index (χ4n) is 5.15. The van der Waals surface area contributed by atoms with Gasteiger partial charge in [-0.05, 0) is 42.5 Å². The van der Waals surface area contributed by atoms with Gasteiger partial charge < -0.3 is 19.5 Å². The number of ketones is 1. The fourth-order valence-corrected chi connectivity index (χ4v) is 5.15. The molecule has 4 rings (SSSR count). The summed E-state index contributed by atoms with van der Waals surface area (Å²) in [6.45, 7) is 5.63. The van der Waals surface area contributed by atoms with Crippen molar-refractivity contribution in [3.05, 3.63) is 86.0 Å². The second-order valence-corrected chi connectivity index (χ2v) is 10.2. The zero-order valence-corrected chi connectivity index (χ0v) is 21.8. The Morgan fingerprint density at radius 3 is 2.55 bits per heavy atom. The second-order valence-electron chi connectivity index (χ2n) is 10.2. The van der Waals surface area contributed by atoms with Crippen LogP contribution in [0.2, 0.25) is 0 Å². The van der Waals surface area contributed by atoms with Gasteiger partial charge in [0.1, 0.15) is 18.2 Å². The fraction of sp³-hybridized carbons (Fsp3) is 0.357. The van der Waals surface area contributed by atoms with Gasteiger partial charge in [-0.3, -0.25) is 14.9 Å². The first-order chi connectivity index (χ1) is 18.0. The van der Waals surface area contributed by atoms with Crippen LogP contribution in [0, 0.1) is 21.3 Å². The molecule has 0 bridgehead atoms. The maximum atomic E-state index is 13.8. The minimum Gasteiger partial charge on any atom is -0.496 e. The van der Waals surface area contributed by atoms with Crippen molar-refractivity contribution in [1.82, 2.24) is 5.32 Å². The van der Waals surface area contributed by atoms with E-state index in [1.807, 2.05) is 13.8 Å². The molecule has 0 aromatic heterocycles. The Labute approximate surface area is 219 Å². The van der Waals surface area contributed by atoms with Crippen LogP contribution in [0.1, 0.15) is 50.7 Å². The number of nitro groups is 1. The average Bonchev–Trinajstić information content (AvgIpc) is 2.85. The Balaban J connectivity index is 1.80. The summed E-state index contributed by atoms with van der Waals surface area (Å²) >= 11 is 0. The highest BCUT2D eigenvalue weighted by atomic mass is 19.1. The van der Waals surface area contributed by atoms with E-state index in [-0.39, 0.29) is 29.2 Å². The summed E-state index contributed by atoms with van der Waals surface area (Å²) in [4.78, 5) is 37.1. The smallest absolute Gasteiger partial charge is 0.336 e. The highest BCUT2D eigenvalue weighted by molar-refractivity contribution is 6.04. The van der Waals surface area contributed by atoms with Gasteiger partial charge in [-0.15, -0.1) is 0 Å². The molecule has 1 aliphatic carbocycles. The van der Waals surface area contributed by atoms with Gasteiger partial charge in [0.05, 0.1) is 24.7 Å². The van der Waals surface area contributed by atoms with Crippen molar-refractivity contribution in [3.8, 4) is 11.5 Å². The SMILES string of the molecule is COC(=O)C1=C(C)NC2=C(C(=O)CC(C)(C)C2)C1c1ccc(OC)c(COc2cc(F)ccc2[N+](=O)[O-])c1. The molecule has 2 aromatic rings. The lowest BCUT2D eigenvalue weighted by Gasteiger charge is -2.39. The van der Waals surface area contributed by atoms with Crippen molar-refractivity contribution in [2.45, 2.75) is 46.1 Å². The molecular formula is C28H29FN2O7. The van der Waals surface area contributed by atoms with E-state index in [4.69, 9.17) is 14.2 Å². The maximum Gasteiger partial charge on any atom is 0.336 e. The van der Waals surface area contributed by atoms with E-state index < -0.39 is 22.6 Å². The van der Waals surface area contributed by atoms with Crippen LogP contribution in [0.25, 0.3) is 0 Å². The van der Waals surface area contributed by atoms with Crippen LogP contribution in [0.15, 0.2) is 58.9 Å². The van der Waals surface area contributed by atoms with Gasteiger partial charge >= 0.3 is 11.7 Å². The first-order valence-electron chi connectivity index (χ1n) is 12.0. The number of nitro benzene ring substituents is 1. The zero-order chi connectivity index (χ0) is 27.8. The van der Waals surface area contributed by atoms with Crippen molar-refractivity contribution in [1.29, 1.82) is 0 Å². The summed E-state index contributed by atoms with van der Waals surface area (Å²) in [5, 5.41) is 14.6. The van der Waals surface area contributed by atoms with Gasteiger partial charge in [-0.2, -0.15) is 0 Å². The first-order valence-corrected chi connectivity index (χ1v) is 12.0. The van der Waals surface area contributed by atoms with Crippen LogP contribution in [0.5, 0.6) is 11.5 Å². The quantitative estimate of drug-likeness (QED) is 0.302. The van der Waals surface area contributed by atoms with Gasteiger partial charge in [-0.25, -0.2) is 9.18 Å². The molecule has 0 saturated carbocycles. The predicted molar refractivity (Wildman–Crippen MR) is 136 cm³/mol. The predicted octanol–water partition coefficient (Wildman–Crippen LogP) is 5.10. The van der Waals surface area contributed by atoms with Crippen LogP contribution in [0.3, 0.4) is 0 Å². The maximum absolute atomic E-state index is 13.8. The van der Waals surface area contributed by atoms with Crippen LogP contribution in [0.4, 0.5) is 10.1 Å². The summed E-state index contributed by atoms with van der Waals surface area (Å²) in [6.07, 6.45) is 0.957. The molecule has 0 saturated heterocycles. The number of nitrogens with zero attached hydrogens (tertiary/aromatic N) is 1. The van der Waals surface area contributed by atoms with E-state index in [9.17, 15) is 24.1 Å². The van der Waals surface area contributed by atoms with Crippen LogP contribution >= 0.6 is 0 Å². The number of hydrogen-bond donors (Lipinski definition) is 1. The van der Waals surface area contributed by atoms with E-state index in [2.05, 4.69) is 5.32 Å². The van der Waals surface area contributed by atoms with E-state index in [0.717, 1.165) is 23.9 Å². The number of dihydropyridines is 1. The van der Waals surface area contributed by atoms with Crippen LogP contribution in [-0.4, -0.2) is 30.9 Å². The molecule has 0 radical (unpaired) electrons. The molecule has 1 unspecified atom stereocenters. The molecule has 0 fully saturated rings. The topological polar surface area (TPSA) is 117 Å². The minimum atomic E-state index is -0.699. The summed E-state index contributed by atoms with van der Waals surface area (Å²) in [6, 6.07) is 8.14. The van der Waals surface area contributed by atoms with Gasteiger partial charge in [0.2, 0.25) is 0 Å². The molecule has 1 aliphatic heterocycles. The standard InChI is InChI=1S/C28H29FN2O7/c1-15-24(27(33)37-5)25(26-19(30-15)12-28(2,3)13-21(26)32)16-6-9-22(36-4)17(10-16)14-38-23-11-18(29)7-8-20(23)31(34)35/h6-11,25,30H,12-14H2,1-5H3. The van der Waals surface area contributed by atoms with E-state index >= 15 is 0 Å². The molecule has 38 heavy (non-hydrogen) atoms. The van der Waals surface area contributed by atoms with Gasteiger partial charge in [0, 0.05) is 47.0 Å². The number of methoxy groups -OCH3 is 2. The van der Waals surface area contributed by atoms with Gasteiger partial charge in [-0.1, -0.05) is 19.9 Å². The molecule has 2 aliphatic rings. The normalized spacial score (nSPS) is 18.5. The Bertz CT molecular complexity index is 1390. The zero-order valence-electron chi connectivity index (χ0n) is 21.8. The number of ether oxygens (including phenoxy) is 3. The first kappa shape index (κ1) is 26.8. The number of Topliss-reactive ketones (excluding diaryl/α,β-unsaturated/α-hetero) is 1. The molecule has 2 aromatic carbocycles. The number of carbonyl (C=O) groups is 2. The van der Waals surface area contributed by atoms with E-state index in [1.165, 1.54) is 14.2 Å². The Morgan fingerprint density at radius 2 is 1.89 bits per heavy atom. The van der Waals surface area contributed by atoms with Crippen LogP contribution < -0.4 is 14.8 Å². The van der Waals surface area contributed by atoms with Crippen molar-refractivity contribution >= 4 is 17.4 Å². The monoisotopic (exact) mass is 524 g/mol. The summed E-state index contributed by atoms with van der Waals surface area (Å²) in [7, 11) is 2.75. The highest BCUT2D eigenvalue weighted by Crippen LogP contribution is 2.47. The molecule has 0 amide bonds. The summed E-state index contributed by atoms with van der Waals surface area (Å²) in [5.74, 6) is -1.81. The summed E-state index contributed by atoms with van der Waals surface area (Å²) < 4.78 is 30.0. The highest BCUT2D eigenvalue weighted by Gasteiger charge is 2.43. The molecule has 0 spiro atoms. The van der Waals surface area contributed by atoms with Gasteiger partial charge in [0.15, 0.2) is 11.5 Å². The molecule has 1 heterocycles. The van der Waals surface area contributed by atoms with E-state index in [0.29, 0.717) is 46.6 Å². The van der Waals surface area contributed by atoms with Gasteiger partial charge in [0.25, 0.3) is 0 Å². The Morgan fingerprint density at radius 1 is 1.16 bits per heavy atom. The number of rotatable bonds is 7. The number of hydrogen-bond acceptors (Lipinski definition) is 8. The number of carbonyl (C=O) groups excluding carboxylic acids is 2. The third-order valence-electron chi connectivity index (χ3n) is 6.78. The number of allylic oxidation sites excluding steroid dienone is 3. The lowest BCUT2D eigenvalue weighted by Crippen LogP contribution is -2.38. The second kappa shape index (κ2) is 10.3.